The van der Waals surface area contributed by atoms with E-state index in [0.29, 0.717) is 13.0 Å². The lowest BCUT2D eigenvalue weighted by molar-refractivity contribution is 0.203. The normalized spacial score (nSPS) is 13.4. The lowest BCUT2D eigenvalue weighted by Crippen LogP contribution is -2.13. The molecule has 0 saturated heterocycles. The number of rotatable bonds is 3. The lowest BCUT2D eigenvalue weighted by atomic mass is 10.1. The minimum absolute atomic E-state index is 0.403. The first kappa shape index (κ1) is 7.66. The summed E-state index contributed by atoms with van der Waals surface area (Å²) in [5.74, 6) is 0. The zero-order valence-electron chi connectivity index (χ0n) is 5.22. The third-order valence-corrected chi connectivity index (χ3v) is 1.01. The quantitative estimate of drug-likeness (QED) is 0.519. The van der Waals surface area contributed by atoms with Crippen LogP contribution in [0.5, 0.6) is 0 Å². The molecule has 0 amide bonds. The highest BCUT2D eigenvalue weighted by Gasteiger charge is 1.99. The summed E-state index contributed by atoms with van der Waals surface area (Å²) < 4.78 is 0. The second-order valence-corrected chi connectivity index (χ2v) is 1.94. The Morgan fingerprint density at radius 3 is 2.50 bits per heavy atom. The molecule has 0 aliphatic rings. The largest absolute Gasteiger partial charge is 0.389 e. The summed E-state index contributed by atoms with van der Waals surface area (Å²) in [6, 6.07) is 0. The molecule has 1 atom stereocenters. The van der Waals surface area contributed by atoms with Crippen LogP contribution in [0.1, 0.15) is 13.3 Å². The number of aliphatic hydroxyl groups excluding tert-OH is 1. The maximum absolute atomic E-state index is 8.95. The van der Waals surface area contributed by atoms with E-state index in [9.17, 15) is 0 Å². The summed E-state index contributed by atoms with van der Waals surface area (Å²) in [5.41, 5.74) is 5.95. The van der Waals surface area contributed by atoms with Crippen molar-refractivity contribution in [3.63, 3.8) is 0 Å². The van der Waals surface area contributed by atoms with E-state index in [1.807, 2.05) is 0 Å². The summed E-state index contributed by atoms with van der Waals surface area (Å²) >= 11 is 0. The number of hydrogen-bond donors (Lipinski definition) is 2. The standard InChI is InChI=1S/C6H13NO/c1-5(2)6(8)3-4-7/h6,8H,1,3-4,7H2,2H3/t6-/m1/s1. The molecular weight excluding hydrogens is 102 g/mol. The van der Waals surface area contributed by atoms with Crippen LogP contribution in [0.25, 0.3) is 0 Å². The molecule has 0 heterocycles. The molecule has 2 heteroatoms. The fourth-order valence-electron chi connectivity index (χ4n) is 0.404. The van der Waals surface area contributed by atoms with E-state index in [-0.39, 0.29) is 0 Å². The van der Waals surface area contributed by atoms with Gasteiger partial charge in [-0.2, -0.15) is 0 Å². The molecule has 0 aromatic heterocycles. The van der Waals surface area contributed by atoms with Crippen molar-refractivity contribution in [3.05, 3.63) is 12.2 Å². The van der Waals surface area contributed by atoms with E-state index in [1.54, 1.807) is 6.92 Å². The van der Waals surface area contributed by atoms with Crippen molar-refractivity contribution in [2.24, 2.45) is 5.73 Å². The Kier molecular flexibility index (Phi) is 3.48. The van der Waals surface area contributed by atoms with Crippen molar-refractivity contribution >= 4 is 0 Å². The van der Waals surface area contributed by atoms with Crippen LogP contribution in [0, 0.1) is 0 Å². The van der Waals surface area contributed by atoms with E-state index in [1.165, 1.54) is 0 Å². The van der Waals surface area contributed by atoms with Gasteiger partial charge in [0.05, 0.1) is 6.10 Å². The first-order valence-corrected chi connectivity index (χ1v) is 2.72. The van der Waals surface area contributed by atoms with E-state index >= 15 is 0 Å². The van der Waals surface area contributed by atoms with Crippen molar-refractivity contribution in [1.29, 1.82) is 0 Å². The average Bonchev–Trinajstić information content (AvgIpc) is 1.67. The summed E-state index contributed by atoms with van der Waals surface area (Å²) in [5, 5.41) is 8.95. The fourth-order valence-corrected chi connectivity index (χ4v) is 0.404. The van der Waals surface area contributed by atoms with Crippen molar-refractivity contribution in [2.45, 2.75) is 19.4 Å². The van der Waals surface area contributed by atoms with Crippen LogP contribution in [0.3, 0.4) is 0 Å². The Morgan fingerprint density at radius 1 is 1.88 bits per heavy atom. The van der Waals surface area contributed by atoms with Gasteiger partial charge in [0.1, 0.15) is 0 Å². The summed E-state index contributed by atoms with van der Waals surface area (Å²) in [7, 11) is 0. The number of hydrogen-bond acceptors (Lipinski definition) is 2. The predicted molar refractivity (Wildman–Crippen MR) is 34.5 cm³/mol. The van der Waals surface area contributed by atoms with Gasteiger partial charge in [0.2, 0.25) is 0 Å². The molecule has 0 unspecified atom stereocenters. The Morgan fingerprint density at radius 2 is 2.38 bits per heavy atom. The molecule has 0 rings (SSSR count). The SMILES string of the molecule is C=C(C)[C@H](O)CCN. The van der Waals surface area contributed by atoms with E-state index in [4.69, 9.17) is 10.8 Å². The molecule has 8 heavy (non-hydrogen) atoms. The van der Waals surface area contributed by atoms with Crippen molar-refractivity contribution < 1.29 is 5.11 Å². The first-order valence-electron chi connectivity index (χ1n) is 2.72. The smallest absolute Gasteiger partial charge is 0.0756 e. The fraction of sp³-hybridized carbons (Fsp3) is 0.667. The highest BCUT2D eigenvalue weighted by Crippen LogP contribution is 1.99. The van der Waals surface area contributed by atoms with Gasteiger partial charge in [-0.25, -0.2) is 0 Å². The van der Waals surface area contributed by atoms with Crippen LogP contribution >= 0.6 is 0 Å². The molecule has 0 aliphatic heterocycles. The Hall–Kier alpha value is -0.340. The molecular formula is C6H13NO. The molecule has 0 spiro atoms. The predicted octanol–water partition coefficient (Wildman–Crippen LogP) is 0.272. The highest BCUT2D eigenvalue weighted by molar-refractivity contribution is 4.96. The second kappa shape index (κ2) is 3.64. The number of aliphatic hydroxyl groups is 1. The number of nitrogens with two attached hydrogens (primary N) is 1. The maximum atomic E-state index is 8.95. The van der Waals surface area contributed by atoms with Gasteiger partial charge in [-0.3, -0.25) is 0 Å². The second-order valence-electron chi connectivity index (χ2n) is 1.94. The summed E-state index contributed by atoms with van der Waals surface area (Å²) in [4.78, 5) is 0. The van der Waals surface area contributed by atoms with Crippen molar-refractivity contribution in [3.8, 4) is 0 Å². The summed E-state index contributed by atoms with van der Waals surface area (Å²) in [6.45, 7) is 5.88. The summed E-state index contributed by atoms with van der Waals surface area (Å²) in [6.07, 6.45) is 0.218. The van der Waals surface area contributed by atoms with Gasteiger partial charge in [-0.15, -0.1) is 0 Å². The van der Waals surface area contributed by atoms with Gasteiger partial charge in [-0.1, -0.05) is 12.2 Å². The Balaban J connectivity index is 3.32. The van der Waals surface area contributed by atoms with Crippen LogP contribution in [0.15, 0.2) is 12.2 Å². The zero-order chi connectivity index (χ0) is 6.57. The molecule has 0 aromatic rings. The molecule has 48 valence electrons. The van der Waals surface area contributed by atoms with Gasteiger partial charge in [0.25, 0.3) is 0 Å². The minimum Gasteiger partial charge on any atom is -0.389 e. The Labute approximate surface area is 50.0 Å². The minimum atomic E-state index is -0.403. The first-order chi connectivity index (χ1) is 3.68. The Bertz CT molecular complexity index is 80.6. The molecule has 2 nitrogen and oxygen atoms in total. The van der Waals surface area contributed by atoms with E-state index in [0.717, 1.165) is 5.57 Å². The topological polar surface area (TPSA) is 46.2 Å². The third-order valence-electron chi connectivity index (χ3n) is 1.01. The average molecular weight is 115 g/mol. The lowest BCUT2D eigenvalue weighted by Gasteiger charge is -2.05. The third kappa shape index (κ3) is 2.77. The maximum Gasteiger partial charge on any atom is 0.0756 e. The van der Waals surface area contributed by atoms with Crippen LogP contribution in [0.2, 0.25) is 0 Å². The van der Waals surface area contributed by atoms with Gasteiger partial charge >= 0.3 is 0 Å². The molecule has 0 bridgehead atoms. The van der Waals surface area contributed by atoms with Gasteiger partial charge in [0, 0.05) is 0 Å². The van der Waals surface area contributed by atoms with Gasteiger partial charge < -0.3 is 10.8 Å². The van der Waals surface area contributed by atoms with Crippen LogP contribution in [-0.4, -0.2) is 17.8 Å². The molecule has 0 fully saturated rings. The zero-order valence-corrected chi connectivity index (χ0v) is 5.22. The van der Waals surface area contributed by atoms with E-state index in [2.05, 4.69) is 6.58 Å². The molecule has 0 aliphatic carbocycles. The van der Waals surface area contributed by atoms with E-state index < -0.39 is 6.10 Å². The van der Waals surface area contributed by atoms with Gasteiger partial charge in [-0.05, 0) is 19.9 Å². The molecule has 3 N–H and O–H groups in total. The van der Waals surface area contributed by atoms with Crippen LogP contribution in [-0.2, 0) is 0 Å². The molecule has 0 aromatic carbocycles. The highest BCUT2D eigenvalue weighted by atomic mass is 16.3. The molecule has 0 saturated carbocycles. The van der Waals surface area contributed by atoms with Crippen molar-refractivity contribution in [1.82, 2.24) is 0 Å². The van der Waals surface area contributed by atoms with Crippen LogP contribution < -0.4 is 5.73 Å². The monoisotopic (exact) mass is 115 g/mol. The van der Waals surface area contributed by atoms with Gasteiger partial charge in [0.15, 0.2) is 0 Å². The van der Waals surface area contributed by atoms with Crippen molar-refractivity contribution in [2.75, 3.05) is 6.54 Å². The van der Waals surface area contributed by atoms with Crippen LogP contribution in [0.4, 0.5) is 0 Å². The molecule has 0 radical (unpaired) electrons.